The van der Waals surface area contributed by atoms with Crippen molar-refractivity contribution in [1.82, 2.24) is 9.80 Å². The Morgan fingerprint density at radius 3 is 2.70 bits per heavy atom. The number of aromatic hydroxyl groups is 1. The van der Waals surface area contributed by atoms with E-state index in [-0.39, 0.29) is 11.7 Å². The van der Waals surface area contributed by atoms with E-state index in [1.165, 1.54) is 4.90 Å². The first-order valence-corrected chi connectivity index (χ1v) is 8.14. The second-order valence-corrected chi connectivity index (χ2v) is 6.69. The number of nitrogens with zero attached hydrogens (tertiary/aromatic N) is 2. The van der Waals surface area contributed by atoms with Gasteiger partial charge in [0.25, 0.3) is 5.91 Å². The van der Waals surface area contributed by atoms with Crippen LogP contribution in [0.15, 0.2) is 22.3 Å². The highest BCUT2D eigenvalue weighted by molar-refractivity contribution is 14.1. The van der Waals surface area contributed by atoms with E-state index in [0.717, 1.165) is 4.47 Å². The van der Waals surface area contributed by atoms with Gasteiger partial charge < -0.3 is 10.0 Å². The molecule has 0 aliphatic carbocycles. The highest BCUT2D eigenvalue weighted by Crippen LogP contribution is 2.32. The van der Waals surface area contributed by atoms with Crippen molar-refractivity contribution in [2.24, 2.45) is 0 Å². The Hall–Kier alpha value is -0.670. The number of phenols is 1. The van der Waals surface area contributed by atoms with Gasteiger partial charge in [-0.05, 0) is 59.9 Å². The Bertz CT molecular complexity index is 633. The van der Waals surface area contributed by atoms with Gasteiger partial charge in [-0.3, -0.25) is 9.69 Å². The predicted molar refractivity (Wildman–Crippen MR) is 94.2 cm³/mol. The van der Waals surface area contributed by atoms with Crippen LogP contribution in [0.1, 0.15) is 12.5 Å². The number of hydrogen-bond donors (Lipinski definition) is 1. The molecule has 2 rings (SSSR count). The van der Waals surface area contributed by atoms with E-state index in [1.807, 2.05) is 29.5 Å². The van der Waals surface area contributed by atoms with E-state index in [2.05, 4.69) is 15.9 Å². The van der Waals surface area contributed by atoms with Gasteiger partial charge in [0.05, 0.1) is 3.57 Å². The highest BCUT2D eigenvalue weighted by Gasteiger charge is 2.34. The molecule has 0 bridgehead atoms. The maximum atomic E-state index is 12.3. The number of amides is 1. The van der Waals surface area contributed by atoms with Gasteiger partial charge in [-0.15, -0.1) is 0 Å². The van der Waals surface area contributed by atoms with Crippen molar-refractivity contribution in [2.75, 3.05) is 13.6 Å². The van der Waals surface area contributed by atoms with Gasteiger partial charge in [0.2, 0.25) is 0 Å². The van der Waals surface area contributed by atoms with Crippen LogP contribution in [0.4, 0.5) is 0 Å². The van der Waals surface area contributed by atoms with E-state index in [0.29, 0.717) is 26.5 Å². The summed E-state index contributed by atoms with van der Waals surface area (Å²) in [6.45, 7) is 2.40. The first kappa shape index (κ1) is 15.7. The van der Waals surface area contributed by atoms with Gasteiger partial charge in [0, 0.05) is 23.6 Å². The van der Waals surface area contributed by atoms with Gasteiger partial charge in [-0.25, -0.2) is 0 Å². The summed E-state index contributed by atoms with van der Waals surface area (Å²) in [4.78, 5) is 15.5. The molecule has 1 saturated heterocycles. The average molecular weight is 467 g/mol. The van der Waals surface area contributed by atoms with E-state index in [1.54, 1.807) is 30.2 Å². The van der Waals surface area contributed by atoms with Crippen LogP contribution in [0.5, 0.6) is 5.75 Å². The molecule has 0 unspecified atom stereocenters. The Morgan fingerprint density at radius 2 is 2.15 bits per heavy atom. The molecule has 0 saturated carbocycles. The van der Waals surface area contributed by atoms with Crippen molar-refractivity contribution in [1.29, 1.82) is 0 Å². The second-order valence-electron chi connectivity index (χ2n) is 4.25. The van der Waals surface area contributed by atoms with Crippen LogP contribution in [-0.4, -0.2) is 39.5 Å². The number of benzene rings is 1. The molecule has 1 amide bonds. The maximum Gasteiger partial charge on any atom is 0.276 e. The Morgan fingerprint density at radius 1 is 1.50 bits per heavy atom. The molecule has 1 aromatic rings. The molecule has 106 valence electrons. The van der Waals surface area contributed by atoms with Crippen molar-refractivity contribution >= 4 is 67.8 Å². The summed E-state index contributed by atoms with van der Waals surface area (Å²) < 4.78 is 1.56. The normalized spacial score (nSPS) is 17.5. The first-order valence-electron chi connectivity index (χ1n) is 5.86. The minimum atomic E-state index is -0.144. The largest absolute Gasteiger partial charge is 0.506 e. The lowest BCUT2D eigenvalue weighted by Crippen LogP contribution is -2.30. The van der Waals surface area contributed by atoms with Crippen molar-refractivity contribution < 1.29 is 9.90 Å². The van der Waals surface area contributed by atoms with Crippen LogP contribution in [-0.2, 0) is 4.79 Å². The lowest BCUT2D eigenvalue weighted by molar-refractivity contribution is -0.122. The molecule has 1 N–H and O–H groups in total. The quantitative estimate of drug-likeness (QED) is 0.413. The fourth-order valence-corrected chi connectivity index (χ4v) is 3.79. The molecule has 0 aromatic heterocycles. The summed E-state index contributed by atoms with van der Waals surface area (Å²) >= 11 is 10.7. The second kappa shape index (κ2) is 5.98. The fourth-order valence-electron chi connectivity index (χ4n) is 1.93. The van der Waals surface area contributed by atoms with Crippen molar-refractivity contribution in [2.45, 2.75) is 6.92 Å². The molecule has 1 heterocycles. The molecule has 1 aromatic carbocycles. The lowest BCUT2D eigenvalue weighted by atomic mass is 10.1. The third kappa shape index (κ3) is 2.71. The third-order valence-corrected chi connectivity index (χ3v) is 4.78. The predicted octanol–water partition coefficient (Wildman–Crippen LogP) is 3.18. The molecule has 4 nitrogen and oxygen atoms in total. The smallest absolute Gasteiger partial charge is 0.276 e. The van der Waals surface area contributed by atoms with Crippen LogP contribution < -0.4 is 0 Å². The maximum absolute atomic E-state index is 12.3. The fraction of sp³-hybridized carbons (Fsp3) is 0.231. The molecule has 1 aliphatic rings. The van der Waals surface area contributed by atoms with Crippen LogP contribution in [0.2, 0.25) is 0 Å². The number of rotatable bonds is 2. The zero-order chi connectivity index (χ0) is 15.0. The molecular weight excluding hydrogens is 455 g/mol. The number of hydrogen-bond acceptors (Lipinski definition) is 3. The third-order valence-electron chi connectivity index (χ3n) is 3.01. The average Bonchev–Trinajstić information content (AvgIpc) is 2.59. The van der Waals surface area contributed by atoms with Crippen LogP contribution in [0.25, 0.3) is 6.08 Å². The van der Waals surface area contributed by atoms with E-state index in [4.69, 9.17) is 12.2 Å². The number of likely N-dealkylation sites (N-methyl/N-ethyl adjacent to an activating group) is 2. The number of phenolic OH excluding ortho intramolecular Hbond substituents is 1. The van der Waals surface area contributed by atoms with Crippen molar-refractivity contribution in [3.63, 3.8) is 0 Å². The molecule has 7 heteroatoms. The van der Waals surface area contributed by atoms with Gasteiger partial charge in [0.15, 0.2) is 5.11 Å². The van der Waals surface area contributed by atoms with Gasteiger partial charge in [-0.1, -0.05) is 15.9 Å². The standard InChI is InChI=1S/C13H12BrIN2O2S/c1-3-17-12(19)10(16(2)13(17)20)5-7-4-8(14)6-9(15)11(7)18/h4-6,18H,3H2,1-2H3/b10-5-. The summed E-state index contributed by atoms with van der Waals surface area (Å²) in [7, 11) is 1.75. The summed E-state index contributed by atoms with van der Waals surface area (Å²) in [5, 5.41) is 10.6. The molecule has 0 radical (unpaired) electrons. The zero-order valence-electron chi connectivity index (χ0n) is 10.9. The highest BCUT2D eigenvalue weighted by atomic mass is 127. The Balaban J connectivity index is 2.51. The Labute approximate surface area is 144 Å². The van der Waals surface area contributed by atoms with Gasteiger partial charge in [-0.2, -0.15) is 0 Å². The number of carbonyl (C=O) groups is 1. The molecular formula is C13H12BrIN2O2S. The monoisotopic (exact) mass is 466 g/mol. The minimum absolute atomic E-state index is 0.144. The van der Waals surface area contributed by atoms with Crippen molar-refractivity contribution in [3.05, 3.63) is 31.4 Å². The number of halogens is 2. The Kier molecular flexibility index (Phi) is 4.70. The molecule has 0 spiro atoms. The van der Waals surface area contributed by atoms with Crippen LogP contribution in [0.3, 0.4) is 0 Å². The molecule has 1 fully saturated rings. The summed E-state index contributed by atoms with van der Waals surface area (Å²) in [5.74, 6) is 0.0118. The van der Waals surface area contributed by atoms with Crippen LogP contribution >= 0.6 is 50.7 Å². The summed E-state index contributed by atoms with van der Waals surface area (Å²) in [5.41, 5.74) is 1.04. The topological polar surface area (TPSA) is 43.8 Å². The molecule has 1 aliphatic heterocycles. The van der Waals surface area contributed by atoms with Gasteiger partial charge >= 0.3 is 0 Å². The summed E-state index contributed by atoms with van der Waals surface area (Å²) in [6, 6.07) is 3.57. The summed E-state index contributed by atoms with van der Waals surface area (Å²) in [6.07, 6.45) is 1.66. The van der Waals surface area contributed by atoms with E-state index < -0.39 is 0 Å². The van der Waals surface area contributed by atoms with Crippen molar-refractivity contribution in [3.8, 4) is 5.75 Å². The van der Waals surface area contributed by atoms with Gasteiger partial charge in [0.1, 0.15) is 11.4 Å². The molecule has 20 heavy (non-hydrogen) atoms. The van der Waals surface area contributed by atoms with E-state index in [9.17, 15) is 9.90 Å². The van der Waals surface area contributed by atoms with Crippen LogP contribution in [0, 0.1) is 3.57 Å². The first-order chi connectivity index (χ1) is 9.36. The SMILES string of the molecule is CCN1C(=O)/C(=C/c2cc(Br)cc(I)c2O)N(C)C1=S. The number of carbonyl (C=O) groups excluding carboxylic acids is 1. The number of thiocarbonyl (C=S) groups is 1. The molecule has 0 atom stereocenters. The minimum Gasteiger partial charge on any atom is -0.506 e. The zero-order valence-corrected chi connectivity index (χ0v) is 15.4. The lowest BCUT2D eigenvalue weighted by Gasteiger charge is -2.13. The van der Waals surface area contributed by atoms with E-state index >= 15 is 0 Å².